The number of benzene rings is 1. The first-order chi connectivity index (χ1) is 8.47. The summed E-state index contributed by atoms with van der Waals surface area (Å²) in [5, 5.41) is 7.00. The average Bonchev–Trinajstić information content (AvgIpc) is 2.65. The van der Waals surface area contributed by atoms with Crippen LogP contribution in [-0.4, -0.2) is 15.7 Å². The second-order valence-corrected chi connectivity index (χ2v) is 4.55. The molecule has 0 atom stereocenters. The number of carbonyl (C=O) groups is 1. The molecule has 1 aromatic carbocycles. The van der Waals surface area contributed by atoms with E-state index in [1.807, 2.05) is 46.0 Å². The van der Waals surface area contributed by atoms with Crippen molar-refractivity contribution in [2.75, 3.05) is 5.32 Å². The Hall–Kier alpha value is -2.10. The van der Waals surface area contributed by atoms with Crippen LogP contribution in [0.2, 0.25) is 0 Å². The van der Waals surface area contributed by atoms with Gasteiger partial charge in [-0.2, -0.15) is 5.10 Å². The summed E-state index contributed by atoms with van der Waals surface area (Å²) in [7, 11) is 1.82. The number of hydrogen-bond donors (Lipinski definition) is 1. The highest BCUT2D eigenvalue weighted by molar-refractivity contribution is 6.02. The standard InChI is InChI=1S/C14H17N3O/c1-9-5-6-12(7-10(9)2)15-14(18)13-8-11(3)17(4)16-13/h5-8H,1-4H3,(H,15,18). The molecule has 1 N–H and O–H groups in total. The third-order valence-corrected chi connectivity index (χ3v) is 3.11. The first-order valence-corrected chi connectivity index (χ1v) is 5.86. The van der Waals surface area contributed by atoms with Crippen LogP contribution in [0.1, 0.15) is 27.3 Å². The van der Waals surface area contributed by atoms with Gasteiger partial charge in [-0.15, -0.1) is 0 Å². The molecule has 0 aliphatic carbocycles. The van der Waals surface area contributed by atoms with Crippen LogP contribution in [0.4, 0.5) is 5.69 Å². The number of aryl methyl sites for hydroxylation is 4. The highest BCUT2D eigenvalue weighted by atomic mass is 16.1. The number of rotatable bonds is 2. The Kier molecular flexibility index (Phi) is 3.19. The van der Waals surface area contributed by atoms with Gasteiger partial charge in [0.05, 0.1) is 0 Å². The maximum absolute atomic E-state index is 12.0. The van der Waals surface area contributed by atoms with Crippen LogP contribution in [0.15, 0.2) is 24.3 Å². The van der Waals surface area contributed by atoms with Crippen LogP contribution in [0, 0.1) is 20.8 Å². The van der Waals surface area contributed by atoms with Crippen LogP contribution < -0.4 is 5.32 Å². The third kappa shape index (κ3) is 2.42. The third-order valence-electron chi connectivity index (χ3n) is 3.11. The van der Waals surface area contributed by atoms with Gasteiger partial charge in [0.25, 0.3) is 5.91 Å². The lowest BCUT2D eigenvalue weighted by atomic mass is 10.1. The first kappa shape index (κ1) is 12.4. The quantitative estimate of drug-likeness (QED) is 0.881. The number of aromatic nitrogens is 2. The van der Waals surface area contributed by atoms with E-state index in [4.69, 9.17) is 0 Å². The van der Waals surface area contributed by atoms with E-state index in [1.165, 1.54) is 5.56 Å². The van der Waals surface area contributed by atoms with E-state index in [1.54, 1.807) is 10.7 Å². The van der Waals surface area contributed by atoms with E-state index < -0.39 is 0 Å². The molecule has 1 aromatic heterocycles. The molecule has 0 radical (unpaired) electrons. The summed E-state index contributed by atoms with van der Waals surface area (Å²) in [6.45, 7) is 5.98. The molecular weight excluding hydrogens is 226 g/mol. The SMILES string of the molecule is Cc1ccc(NC(=O)c2cc(C)n(C)n2)cc1C. The van der Waals surface area contributed by atoms with Crippen molar-refractivity contribution in [2.45, 2.75) is 20.8 Å². The highest BCUT2D eigenvalue weighted by Gasteiger charge is 2.11. The summed E-state index contributed by atoms with van der Waals surface area (Å²) in [4.78, 5) is 12.0. The topological polar surface area (TPSA) is 46.9 Å². The van der Waals surface area contributed by atoms with Crippen molar-refractivity contribution in [3.8, 4) is 0 Å². The van der Waals surface area contributed by atoms with Gasteiger partial charge in [-0.3, -0.25) is 9.48 Å². The molecule has 0 saturated heterocycles. The lowest BCUT2D eigenvalue weighted by Crippen LogP contribution is -2.13. The Morgan fingerprint density at radius 1 is 1.17 bits per heavy atom. The minimum Gasteiger partial charge on any atom is -0.321 e. The molecule has 1 amide bonds. The molecule has 94 valence electrons. The molecule has 0 fully saturated rings. The number of amides is 1. The molecule has 2 rings (SSSR count). The second kappa shape index (κ2) is 4.64. The second-order valence-electron chi connectivity index (χ2n) is 4.55. The summed E-state index contributed by atoms with van der Waals surface area (Å²) in [6.07, 6.45) is 0. The van der Waals surface area contributed by atoms with E-state index >= 15 is 0 Å². The van der Waals surface area contributed by atoms with E-state index in [-0.39, 0.29) is 5.91 Å². The summed E-state index contributed by atoms with van der Waals surface area (Å²) in [5.41, 5.74) is 4.56. The van der Waals surface area contributed by atoms with Gasteiger partial charge in [0, 0.05) is 18.4 Å². The van der Waals surface area contributed by atoms with Gasteiger partial charge in [0.2, 0.25) is 0 Å². The number of nitrogens with one attached hydrogen (secondary N) is 1. The minimum absolute atomic E-state index is 0.179. The summed E-state index contributed by atoms with van der Waals surface area (Å²) < 4.78 is 1.69. The van der Waals surface area contributed by atoms with E-state index in [2.05, 4.69) is 10.4 Å². The fourth-order valence-corrected chi connectivity index (χ4v) is 1.69. The Balaban J connectivity index is 2.18. The Labute approximate surface area is 107 Å². The maximum Gasteiger partial charge on any atom is 0.276 e. The van der Waals surface area contributed by atoms with Gasteiger partial charge in [0.1, 0.15) is 0 Å². The van der Waals surface area contributed by atoms with Gasteiger partial charge in [-0.25, -0.2) is 0 Å². The number of nitrogens with zero attached hydrogens (tertiary/aromatic N) is 2. The molecule has 0 aliphatic heterocycles. The fourth-order valence-electron chi connectivity index (χ4n) is 1.69. The van der Waals surface area contributed by atoms with Gasteiger partial charge >= 0.3 is 0 Å². The van der Waals surface area contributed by atoms with E-state index in [0.29, 0.717) is 5.69 Å². The largest absolute Gasteiger partial charge is 0.321 e. The predicted molar refractivity (Wildman–Crippen MR) is 71.8 cm³/mol. The molecule has 4 nitrogen and oxygen atoms in total. The zero-order valence-corrected chi connectivity index (χ0v) is 11.1. The van der Waals surface area contributed by atoms with Crippen LogP contribution in [0.5, 0.6) is 0 Å². The van der Waals surface area contributed by atoms with Gasteiger partial charge < -0.3 is 5.32 Å². The van der Waals surface area contributed by atoms with Crippen molar-refractivity contribution in [1.82, 2.24) is 9.78 Å². The van der Waals surface area contributed by atoms with Crippen molar-refractivity contribution in [1.29, 1.82) is 0 Å². The smallest absolute Gasteiger partial charge is 0.276 e. The summed E-state index contributed by atoms with van der Waals surface area (Å²) >= 11 is 0. The molecule has 0 aliphatic rings. The maximum atomic E-state index is 12.0. The molecule has 0 bridgehead atoms. The van der Waals surface area contributed by atoms with Crippen molar-refractivity contribution < 1.29 is 4.79 Å². The van der Waals surface area contributed by atoms with E-state index in [0.717, 1.165) is 16.9 Å². The summed E-state index contributed by atoms with van der Waals surface area (Å²) in [6, 6.07) is 7.63. The zero-order chi connectivity index (χ0) is 13.3. The Morgan fingerprint density at radius 3 is 2.44 bits per heavy atom. The monoisotopic (exact) mass is 243 g/mol. The van der Waals surface area contributed by atoms with Gasteiger partial charge in [-0.05, 0) is 50.1 Å². The fraction of sp³-hybridized carbons (Fsp3) is 0.286. The van der Waals surface area contributed by atoms with Crippen molar-refractivity contribution >= 4 is 11.6 Å². The molecule has 18 heavy (non-hydrogen) atoms. The lowest BCUT2D eigenvalue weighted by molar-refractivity contribution is 0.102. The average molecular weight is 243 g/mol. The molecule has 4 heteroatoms. The Morgan fingerprint density at radius 2 is 1.89 bits per heavy atom. The van der Waals surface area contributed by atoms with Crippen LogP contribution in [-0.2, 0) is 7.05 Å². The number of carbonyl (C=O) groups excluding carboxylic acids is 1. The number of anilines is 1. The zero-order valence-electron chi connectivity index (χ0n) is 11.1. The van der Waals surface area contributed by atoms with Crippen LogP contribution >= 0.6 is 0 Å². The highest BCUT2D eigenvalue weighted by Crippen LogP contribution is 2.15. The lowest BCUT2D eigenvalue weighted by Gasteiger charge is -2.06. The summed E-state index contributed by atoms with van der Waals surface area (Å²) in [5.74, 6) is -0.179. The minimum atomic E-state index is -0.179. The molecule has 2 aromatic rings. The molecule has 0 unspecified atom stereocenters. The molecular formula is C14H17N3O. The van der Waals surface area contributed by atoms with Gasteiger partial charge in [0.15, 0.2) is 5.69 Å². The predicted octanol–water partition coefficient (Wildman–Crippen LogP) is 2.60. The Bertz CT molecular complexity index is 580. The van der Waals surface area contributed by atoms with Gasteiger partial charge in [-0.1, -0.05) is 6.07 Å². The molecule has 0 saturated carbocycles. The van der Waals surface area contributed by atoms with Crippen molar-refractivity contribution in [3.63, 3.8) is 0 Å². The molecule has 1 heterocycles. The van der Waals surface area contributed by atoms with Crippen LogP contribution in [0.3, 0.4) is 0 Å². The van der Waals surface area contributed by atoms with Crippen molar-refractivity contribution in [3.05, 3.63) is 46.8 Å². The molecule has 0 spiro atoms. The van der Waals surface area contributed by atoms with Crippen molar-refractivity contribution in [2.24, 2.45) is 7.05 Å². The van der Waals surface area contributed by atoms with E-state index in [9.17, 15) is 4.79 Å². The number of hydrogen-bond acceptors (Lipinski definition) is 2. The normalized spacial score (nSPS) is 10.4. The first-order valence-electron chi connectivity index (χ1n) is 5.86. The van der Waals surface area contributed by atoms with Crippen LogP contribution in [0.25, 0.3) is 0 Å².